The van der Waals surface area contributed by atoms with Gasteiger partial charge >= 0.3 is 0 Å². The Morgan fingerprint density at radius 2 is 2.29 bits per heavy atom. The standard InChI is InChI=1S/C13H16N2O2/c1-3-8(2)14-13(17)10-5-4-9-7-12(16)15-11(9)6-10/h4-6,8H,3,7H2,1-2H3,(H,14,17)(H,15,16). The molecule has 1 aromatic carbocycles. The third kappa shape index (κ3) is 2.46. The first-order valence-corrected chi connectivity index (χ1v) is 5.83. The third-order valence-electron chi connectivity index (χ3n) is 2.99. The molecule has 1 heterocycles. The largest absolute Gasteiger partial charge is 0.350 e. The lowest BCUT2D eigenvalue weighted by molar-refractivity contribution is -0.115. The Morgan fingerprint density at radius 1 is 1.53 bits per heavy atom. The molecule has 17 heavy (non-hydrogen) atoms. The van der Waals surface area contributed by atoms with Crippen molar-refractivity contribution in [3.63, 3.8) is 0 Å². The SMILES string of the molecule is CCC(C)NC(=O)c1ccc2c(c1)NC(=O)C2. The lowest BCUT2D eigenvalue weighted by Gasteiger charge is -2.11. The second-order valence-electron chi connectivity index (χ2n) is 4.38. The van der Waals surface area contributed by atoms with Crippen LogP contribution in [0.4, 0.5) is 5.69 Å². The smallest absolute Gasteiger partial charge is 0.251 e. The van der Waals surface area contributed by atoms with E-state index >= 15 is 0 Å². The van der Waals surface area contributed by atoms with E-state index in [2.05, 4.69) is 10.6 Å². The third-order valence-corrected chi connectivity index (χ3v) is 2.99. The fourth-order valence-corrected chi connectivity index (χ4v) is 1.76. The maximum atomic E-state index is 11.9. The van der Waals surface area contributed by atoms with Crippen LogP contribution in [0, 0.1) is 0 Å². The van der Waals surface area contributed by atoms with Crippen molar-refractivity contribution in [1.29, 1.82) is 0 Å². The molecule has 1 unspecified atom stereocenters. The molecule has 0 radical (unpaired) electrons. The van der Waals surface area contributed by atoms with Gasteiger partial charge in [-0.1, -0.05) is 13.0 Å². The first kappa shape index (κ1) is 11.6. The van der Waals surface area contributed by atoms with Crippen molar-refractivity contribution in [3.8, 4) is 0 Å². The second-order valence-corrected chi connectivity index (χ2v) is 4.38. The van der Waals surface area contributed by atoms with Gasteiger partial charge in [0.05, 0.1) is 6.42 Å². The molecule has 0 aromatic heterocycles. The molecule has 1 aliphatic heterocycles. The maximum Gasteiger partial charge on any atom is 0.251 e. The van der Waals surface area contributed by atoms with Gasteiger partial charge in [0.1, 0.15) is 0 Å². The van der Waals surface area contributed by atoms with Crippen molar-refractivity contribution >= 4 is 17.5 Å². The predicted octanol–water partition coefficient (Wildman–Crippen LogP) is 1.71. The highest BCUT2D eigenvalue weighted by molar-refractivity contribution is 6.02. The van der Waals surface area contributed by atoms with Gasteiger partial charge in [0.25, 0.3) is 5.91 Å². The number of hydrogen-bond acceptors (Lipinski definition) is 2. The number of carbonyl (C=O) groups is 2. The molecule has 2 rings (SSSR count). The van der Waals surface area contributed by atoms with Crippen LogP contribution in [0.15, 0.2) is 18.2 Å². The van der Waals surface area contributed by atoms with E-state index in [4.69, 9.17) is 0 Å². The van der Waals surface area contributed by atoms with Crippen LogP contribution in [0.2, 0.25) is 0 Å². The summed E-state index contributed by atoms with van der Waals surface area (Å²) in [6.07, 6.45) is 1.30. The van der Waals surface area contributed by atoms with Gasteiger partial charge < -0.3 is 10.6 Å². The summed E-state index contributed by atoms with van der Waals surface area (Å²) in [5.74, 6) is -0.109. The van der Waals surface area contributed by atoms with Gasteiger partial charge in [0.15, 0.2) is 0 Å². The molecule has 0 spiro atoms. The predicted molar refractivity (Wildman–Crippen MR) is 66.0 cm³/mol. The summed E-state index contributed by atoms with van der Waals surface area (Å²) >= 11 is 0. The molecule has 2 N–H and O–H groups in total. The van der Waals surface area contributed by atoms with E-state index in [0.29, 0.717) is 12.0 Å². The van der Waals surface area contributed by atoms with Crippen LogP contribution in [-0.2, 0) is 11.2 Å². The second kappa shape index (κ2) is 4.57. The Hall–Kier alpha value is -1.84. The van der Waals surface area contributed by atoms with Crippen LogP contribution in [0.1, 0.15) is 36.2 Å². The molecule has 0 fully saturated rings. The zero-order valence-electron chi connectivity index (χ0n) is 10.0. The molecule has 0 saturated carbocycles. The van der Waals surface area contributed by atoms with E-state index in [0.717, 1.165) is 17.7 Å². The lowest BCUT2D eigenvalue weighted by atomic mass is 10.1. The zero-order valence-corrected chi connectivity index (χ0v) is 10.0. The molecular formula is C13H16N2O2. The normalized spacial score (nSPS) is 15.1. The summed E-state index contributed by atoms with van der Waals surface area (Å²) in [7, 11) is 0. The van der Waals surface area contributed by atoms with Crippen LogP contribution in [-0.4, -0.2) is 17.9 Å². The average molecular weight is 232 g/mol. The number of benzene rings is 1. The quantitative estimate of drug-likeness (QED) is 0.833. The molecule has 4 nitrogen and oxygen atoms in total. The van der Waals surface area contributed by atoms with Crippen molar-refractivity contribution in [1.82, 2.24) is 5.32 Å². The van der Waals surface area contributed by atoms with E-state index in [9.17, 15) is 9.59 Å². The Balaban J connectivity index is 2.16. The van der Waals surface area contributed by atoms with Crippen LogP contribution >= 0.6 is 0 Å². The van der Waals surface area contributed by atoms with Gasteiger partial charge in [-0.3, -0.25) is 9.59 Å². The first-order chi connectivity index (χ1) is 8.10. The summed E-state index contributed by atoms with van der Waals surface area (Å²) in [5, 5.41) is 5.64. The highest BCUT2D eigenvalue weighted by atomic mass is 16.2. The highest BCUT2D eigenvalue weighted by Crippen LogP contribution is 2.23. The summed E-state index contributed by atoms with van der Waals surface area (Å²) in [4.78, 5) is 23.1. The minimum absolute atomic E-state index is 0.0144. The van der Waals surface area contributed by atoms with E-state index in [-0.39, 0.29) is 17.9 Å². The Labute approximate surface area is 100 Å². The Morgan fingerprint density at radius 3 is 3.00 bits per heavy atom. The Kier molecular flexibility index (Phi) is 3.13. The molecule has 0 aliphatic carbocycles. The molecular weight excluding hydrogens is 216 g/mol. The van der Waals surface area contributed by atoms with Crippen molar-refractivity contribution in [2.75, 3.05) is 5.32 Å². The Bertz CT molecular complexity index is 468. The van der Waals surface area contributed by atoms with Crippen LogP contribution < -0.4 is 10.6 Å². The van der Waals surface area contributed by atoms with Crippen molar-refractivity contribution in [3.05, 3.63) is 29.3 Å². The van der Waals surface area contributed by atoms with Crippen molar-refractivity contribution in [2.45, 2.75) is 32.7 Å². The molecule has 0 saturated heterocycles. The van der Waals surface area contributed by atoms with Gasteiger partial charge in [-0.2, -0.15) is 0 Å². The number of fused-ring (bicyclic) bond motifs is 1. The fourth-order valence-electron chi connectivity index (χ4n) is 1.76. The minimum Gasteiger partial charge on any atom is -0.350 e. The van der Waals surface area contributed by atoms with Crippen LogP contribution in [0.5, 0.6) is 0 Å². The van der Waals surface area contributed by atoms with Crippen LogP contribution in [0.3, 0.4) is 0 Å². The molecule has 1 aromatic rings. The molecule has 0 bridgehead atoms. The summed E-state index contributed by atoms with van der Waals surface area (Å²) < 4.78 is 0. The summed E-state index contributed by atoms with van der Waals surface area (Å²) in [6, 6.07) is 5.48. The van der Waals surface area contributed by atoms with Gasteiger partial charge in [0, 0.05) is 17.3 Å². The number of nitrogens with one attached hydrogen (secondary N) is 2. The van der Waals surface area contributed by atoms with Crippen molar-refractivity contribution < 1.29 is 9.59 Å². The van der Waals surface area contributed by atoms with Gasteiger partial charge in [0.2, 0.25) is 5.91 Å². The number of carbonyl (C=O) groups excluding carboxylic acids is 2. The van der Waals surface area contributed by atoms with E-state index in [1.807, 2.05) is 19.9 Å². The number of anilines is 1. The van der Waals surface area contributed by atoms with Crippen molar-refractivity contribution in [2.24, 2.45) is 0 Å². The molecule has 90 valence electrons. The summed E-state index contributed by atoms with van der Waals surface area (Å²) in [5.41, 5.74) is 2.30. The maximum absolute atomic E-state index is 11.9. The van der Waals surface area contributed by atoms with Gasteiger partial charge in [-0.25, -0.2) is 0 Å². The molecule has 1 atom stereocenters. The lowest BCUT2D eigenvalue weighted by Crippen LogP contribution is -2.31. The summed E-state index contributed by atoms with van der Waals surface area (Å²) in [6.45, 7) is 3.99. The van der Waals surface area contributed by atoms with E-state index in [1.165, 1.54) is 0 Å². The minimum atomic E-state index is -0.0942. The first-order valence-electron chi connectivity index (χ1n) is 5.83. The molecule has 1 aliphatic rings. The van der Waals surface area contributed by atoms with Gasteiger partial charge in [-0.05, 0) is 31.0 Å². The molecule has 4 heteroatoms. The monoisotopic (exact) mass is 232 g/mol. The van der Waals surface area contributed by atoms with Gasteiger partial charge in [-0.15, -0.1) is 0 Å². The number of rotatable bonds is 3. The molecule has 2 amide bonds. The zero-order chi connectivity index (χ0) is 12.4. The number of hydrogen-bond donors (Lipinski definition) is 2. The van der Waals surface area contributed by atoms with E-state index < -0.39 is 0 Å². The fraction of sp³-hybridized carbons (Fsp3) is 0.385. The number of amides is 2. The highest BCUT2D eigenvalue weighted by Gasteiger charge is 2.19. The topological polar surface area (TPSA) is 58.2 Å². The van der Waals surface area contributed by atoms with E-state index in [1.54, 1.807) is 12.1 Å². The average Bonchev–Trinajstić information content (AvgIpc) is 2.67. The van der Waals surface area contributed by atoms with Crippen LogP contribution in [0.25, 0.3) is 0 Å².